The van der Waals surface area contributed by atoms with Crippen molar-refractivity contribution in [3.63, 3.8) is 0 Å². The Labute approximate surface area is 113 Å². The van der Waals surface area contributed by atoms with E-state index in [0.717, 1.165) is 0 Å². The number of benzene rings is 1. The van der Waals surface area contributed by atoms with Crippen molar-refractivity contribution in [2.45, 2.75) is 6.42 Å². The number of carbonyl (C=O) groups excluding carboxylic acids is 1. The summed E-state index contributed by atoms with van der Waals surface area (Å²) in [6, 6.07) is 5.76. The largest absolute Gasteiger partial charge is 0.375 e. The summed E-state index contributed by atoms with van der Waals surface area (Å²) in [7, 11) is 0. The van der Waals surface area contributed by atoms with Gasteiger partial charge in [0.05, 0.1) is 18.3 Å². The molecule has 0 saturated carbocycles. The summed E-state index contributed by atoms with van der Waals surface area (Å²) in [5, 5.41) is 5.92. The summed E-state index contributed by atoms with van der Waals surface area (Å²) in [4.78, 5) is 15.5. The Balaban J connectivity index is 1.84. The number of nitrogens with one attached hydrogen (secondary N) is 1. The fourth-order valence-electron chi connectivity index (χ4n) is 1.34. The zero-order valence-electron chi connectivity index (χ0n) is 9.84. The monoisotopic (exact) mass is 278 g/mol. The summed E-state index contributed by atoms with van der Waals surface area (Å²) in [5.74, 6) is -0.606. The van der Waals surface area contributed by atoms with Crippen molar-refractivity contribution < 1.29 is 9.18 Å². The third-order valence-corrected chi connectivity index (χ3v) is 2.91. The molecule has 7 heteroatoms. The molecule has 0 aliphatic heterocycles. The standard InChI is InChI=1S/C12H11FN4OS/c13-9-3-1-8(2-4-9)6-15-17-11(18)5-10-7-19-12(14)16-10/h1-4,6-7H,5H2,(H2,14,16)(H,17,18)/b15-6+. The van der Waals surface area contributed by atoms with Crippen molar-refractivity contribution >= 4 is 28.6 Å². The molecule has 0 aliphatic rings. The number of nitrogen functional groups attached to an aromatic ring is 1. The maximum atomic E-state index is 12.7. The second-order valence-electron chi connectivity index (χ2n) is 3.70. The molecule has 2 aromatic rings. The van der Waals surface area contributed by atoms with E-state index in [4.69, 9.17) is 5.73 Å². The number of hydrazone groups is 1. The van der Waals surface area contributed by atoms with E-state index < -0.39 is 0 Å². The van der Waals surface area contributed by atoms with E-state index in [9.17, 15) is 9.18 Å². The molecule has 0 bridgehead atoms. The van der Waals surface area contributed by atoms with Crippen molar-refractivity contribution in [3.8, 4) is 0 Å². The molecule has 98 valence electrons. The highest BCUT2D eigenvalue weighted by molar-refractivity contribution is 7.13. The van der Waals surface area contributed by atoms with Crippen LogP contribution in [0.15, 0.2) is 34.7 Å². The molecule has 1 heterocycles. The molecule has 0 radical (unpaired) electrons. The summed E-state index contributed by atoms with van der Waals surface area (Å²) in [6.07, 6.45) is 1.56. The molecule has 0 unspecified atom stereocenters. The van der Waals surface area contributed by atoms with Crippen molar-refractivity contribution in [1.29, 1.82) is 0 Å². The Hall–Kier alpha value is -2.28. The van der Waals surface area contributed by atoms with E-state index in [-0.39, 0.29) is 18.1 Å². The lowest BCUT2D eigenvalue weighted by molar-refractivity contribution is -0.120. The van der Waals surface area contributed by atoms with Crippen LogP contribution in [0.2, 0.25) is 0 Å². The van der Waals surface area contributed by atoms with Gasteiger partial charge in [-0.25, -0.2) is 14.8 Å². The molecule has 3 N–H and O–H groups in total. The van der Waals surface area contributed by atoms with Gasteiger partial charge in [-0.3, -0.25) is 4.79 Å². The molecule has 2 rings (SSSR count). The molecule has 0 saturated heterocycles. The van der Waals surface area contributed by atoms with E-state index in [1.165, 1.54) is 29.7 Å². The normalized spacial score (nSPS) is 10.8. The Morgan fingerprint density at radius 1 is 1.47 bits per heavy atom. The summed E-state index contributed by atoms with van der Waals surface area (Å²) in [5.41, 5.74) is 9.12. The van der Waals surface area contributed by atoms with Crippen LogP contribution in [0.4, 0.5) is 9.52 Å². The van der Waals surface area contributed by atoms with Gasteiger partial charge >= 0.3 is 0 Å². The van der Waals surface area contributed by atoms with E-state index in [1.54, 1.807) is 17.5 Å². The number of halogens is 1. The number of rotatable bonds is 4. The van der Waals surface area contributed by atoms with Gasteiger partial charge < -0.3 is 5.73 Å². The van der Waals surface area contributed by atoms with Gasteiger partial charge in [0.25, 0.3) is 0 Å². The first kappa shape index (κ1) is 13.2. The topological polar surface area (TPSA) is 80.4 Å². The Morgan fingerprint density at radius 3 is 2.84 bits per heavy atom. The summed E-state index contributed by atoms with van der Waals surface area (Å²) < 4.78 is 12.7. The fraction of sp³-hybridized carbons (Fsp3) is 0.0833. The van der Waals surface area contributed by atoms with Crippen molar-refractivity contribution in [2.24, 2.45) is 5.10 Å². The predicted octanol–water partition coefficient (Wildman–Crippen LogP) is 1.56. The lowest BCUT2D eigenvalue weighted by Gasteiger charge is -1.97. The molecule has 0 aliphatic carbocycles. The van der Waals surface area contributed by atoms with E-state index in [0.29, 0.717) is 16.4 Å². The van der Waals surface area contributed by atoms with Crippen LogP contribution in [0.25, 0.3) is 0 Å². The van der Waals surface area contributed by atoms with Crippen LogP contribution < -0.4 is 11.2 Å². The first-order chi connectivity index (χ1) is 9.13. The Morgan fingerprint density at radius 2 is 2.21 bits per heavy atom. The smallest absolute Gasteiger partial charge is 0.246 e. The molecule has 5 nitrogen and oxygen atoms in total. The van der Waals surface area contributed by atoms with Crippen LogP contribution in [0.1, 0.15) is 11.3 Å². The highest BCUT2D eigenvalue weighted by Crippen LogP contribution is 2.11. The zero-order valence-corrected chi connectivity index (χ0v) is 10.7. The number of carbonyl (C=O) groups is 1. The molecule has 0 fully saturated rings. The zero-order chi connectivity index (χ0) is 13.7. The van der Waals surface area contributed by atoms with E-state index in [2.05, 4.69) is 15.5 Å². The lowest BCUT2D eigenvalue weighted by Crippen LogP contribution is -2.19. The molecule has 1 aromatic carbocycles. The lowest BCUT2D eigenvalue weighted by atomic mass is 10.2. The van der Waals surface area contributed by atoms with Gasteiger partial charge in [-0.2, -0.15) is 5.10 Å². The van der Waals surface area contributed by atoms with E-state index in [1.807, 2.05) is 0 Å². The minimum absolute atomic E-state index is 0.120. The molecule has 1 aromatic heterocycles. The molecular formula is C12H11FN4OS. The highest BCUT2D eigenvalue weighted by Gasteiger charge is 2.05. The Kier molecular flexibility index (Phi) is 4.19. The van der Waals surface area contributed by atoms with Crippen LogP contribution in [0.3, 0.4) is 0 Å². The average molecular weight is 278 g/mol. The maximum Gasteiger partial charge on any atom is 0.246 e. The molecular weight excluding hydrogens is 267 g/mol. The van der Waals surface area contributed by atoms with Gasteiger partial charge in [-0.1, -0.05) is 12.1 Å². The fourth-order valence-corrected chi connectivity index (χ4v) is 1.90. The number of anilines is 1. The SMILES string of the molecule is Nc1nc(CC(=O)N/N=C/c2ccc(F)cc2)cs1. The number of hydrogen-bond donors (Lipinski definition) is 2. The van der Waals surface area contributed by atoms with Crippen LogP contribution in [-0.2, 0) is 11.2 Å². The Bertz CT molecular complexity index is 594. The number of hydrogen-bond acceptors (Lipinski definition) is 5. The number of nitrogens with two attached hydrogens (primary N) is 1. The van der Waals surface area contributed by atoms with Crippen molar-refractivity contribution in [3.05, 3.63) is 46.7 Å². The first-order valence-electron chi connectivity index (χ1n) is 5.41. The molecule has 1 amide bonds. The van der Waals surface area contributed by atoms with Crippen LogP contribution in [-0.4, -0.2) is 17.1 Å². The maximum absolute atomic E-state index is 12.7. The second kappa shape index (κ2) is 6.05. The number of nitrogens with zero attached hydrogens (tertiary/aromatic N) is 2. The minimum Gasteiger partial charge on any atom is -0.375 e. The summed E-state index contributed by atoms with van der Waals surface area (Å²) in [6.45, 7) is 0. The summed E-state index contributed by atoms with van der Waals surface area (Å²) >= 11 is 1.28. The molecule has 0 spiro atoms. The van der Waals surface area contributed by atoms with Gasteiger partial charge in [-0.05, 0) is 17.7 Å². The van der Waals surface area contributed by atoms with Gasteiger partial charge in [0.1, 0.15) is 5.82 Å². The van der Waals surface area contributed by atoms with Crippen LogP contribution >= 0.6 is 11.3 Å². The quantitative estimate of drug-likeness (QED) is 0.658. The third-order valence-electron chi connectivity index (χ3n) is 2.18. The van der Waals surface area contributed by atoms with Crippen molar-refractivity contribution in [2.75, 3.05) is 5.73 Å². The second-order valence-corrected chi connectivity index (χ2v) is 4.59. The molecule has 0 atom stereocenters. The minimum atomic E-state index is -0.317. The predicted molar refractivity (Wildman–Crippen MR) is 72.4 cm³/mol. The van der Waals surface area contributed by atoms with Crippen LogP contribution in [0.5, 0.6) is 0 Å². The van der Waals surface area contributed by atoms with Crippen molar-refractivity contribution in [1.82, 2.24) is 10.4 Å². The number of aromatic nitrogens is 1. The third kappa shape index (κ3) is 4.14. The number of thiazole rings is 1. The highest BCUT2D eigenvalue weighted by atomic mass is 32.1. The van der Waals surface area contributed by atoms with Gasteiger partial charge in [0, 0.05) is 5.38 Å². The first-order valence-corrected chi connectivity index (χ1v) is 6.29. The van der Waals surface area contributed by atoms with Crippen LogP contribution in [0, 0.1) is 5.82 Å². The van der Waals surface area contributed by atoms with Gasteiger partial charge in [0.2, 0.25) is 5.91 Å². The number of amides is 1. The molecule has 19 heavy (non-hydrogen) atoms. The van der Waals surface area contributed by atoms with Gasteiger partial charge in [0.15, 0.2) is 5.13 Å². The van der Waals surface area contributed by atoms with Gasteiger partial charge in [-0.15, -0.1) is 11.3 Å². The van der Waals surface area contributed by atoms with E-state index >= 15 is 0 Å². The average Bonchev–Trinajstić information content (AvgIpc) is 2.77.